The Morgan fingerprint density at radius 1 is 1.25 bits per heavy atom. The summed E-state index contributed by atoms with van der Waals surface area (Å²) in [5.41, 5.74) is 5.69. The van der Waals surface area contributed by atoms with Crippen LogP contribution in [0.2, 0.25) is 0 Å². The van der Waals surface area contributed by atoms with Crippen molar-refractivity contribution in [1.82, 2.24) is 19.9 Å². The molecule has 3 heterocycles. The van der Waals surface area contributed by atoms with E-state index in [0.29, 0.717) is 16.5 Å². The van der Waals surface area contributed by atoms with Crippen LogP contribution >= 0.6 is 11.3 Å². The molecular weight excluding hydrogens is 426 g/mol. The maximum atomic E-state index is 12.9. The van der Waals surface area contributed by atoms with Crippen LogP contribution in [0, 0.1) is 27.7 Å². The number of amides is 1. The van der Waals surface area contributed by atoms with Crippen molar-refractivity contribution in [3.05, 3.63) is 63.6 Å². The normalized spacial score (nSPS) is 11.0. The van der Waals surface area contributed by atoms with E-state index in [2.05, 4.69) is 20.6 Å². The number of thiazole rings is 1. The highest BCUT2D eigenvalue weighted by molar-refractivity contribution is 7.14. The molecule has 9 heteroatoms. The number of aromatic nitrogens is 4. The second-order valence-electron chi connectivity index (χ2n) is 7.57. The van der Waals surface area contributed by atoms with E-state index >= 15 is 0 Å². The third-order valence-corrected chi connectivity index (χ3v) is 6.08. The number of benzene rings is 1. The summed E-state index contributed by atoms with van der Waals surface area (Å²) in [7, 11) is 0. The van der Waals surface area contributed by atoms with E-state index in [1.807, 2.05) is 56.0 Å². The van der Waals surface area contributed by atoms with E-state index < -0.39 is 0 Å². The molecule has 0 unspecified atom stereocenters. The number of nitrogens with one attached hydrogen (secondary N) is 1. The fourth-order valence-electron chi connectivity index (χ4n) is 3.38. The lowest BCUT2D eigenvalue weighted by Crippen LogP contribution is -2.15. The summed E-state index contributed by atoms with van der Waals surface area (Å²) in [6, 6.07) is 6.01. The fourth-order valence-corrected chi connectivity index (χ4v) is 4.09. The number of ether oxygens (including phenoxy) is 1. The molecular formula is C23H25N5O3S. The molecule has 0 spiro atoms. The fraction of sp³-hybridized carbons (Fsp3) is 0.304. The highest BCUT2D eigenvalue weighted by atomic mass is 32.1. The van der Waals surface area contributed by atoms with Crippen LogP contribution in [0.5, 0.6) is 5.75 Å². The summed E-state index contributed by atoms with van der Waals surface area (Å²) in [5, 5.41) is 13.5. The molecule has 166 valence electrons. The summed E-state index contributed by atoms with van der Waals surface area (Å²) in [5.74, 6) is 0.927. The van der Waals surface area contributed by atoms with Crippen LogP contribution in [0.15, 0.2) is 34.3 Å². The van der Waals surface area contributed by atoms with Gasteiger partial charge in [0, 0.05) is 23.2 Å². The molecule has 32 heavy (non-hydrogen) atoms. The third-order valence-electron chi connectivity index (χ3n) is 5.32. The van der Waals surface area contributed by atoms with Crippen LogP contribution in [-0.4, -0.2) is 25.8 Å². The molecule has 0 atom stereocenters. The molecule has 0 radical (unpaired) electrons. The first-order chi connectivity index (χ1) is 15.4. The van der Waals surface area contributed by atoms with Crippen molar-refractivity contribution < 1.29 is 14.1 Å². The summed E-state index contributed by atoms with van der Waals surface area (Å²) < 4.78 is 13.2. The SMILES string of the molecule is CCn1ncc(-c2csc(NC(=O)c3noc(C)c3COc3cc(C)ccc3C)n2)c1C. The Bertz CT molecular complexity index is 1270. The highest BCUT2D eigenvalue weighted by Crippen LogP contribution is 2.28. The molecule has 0 bridgehead atoms. The van der Waals surface area contributed by atoms with Crippen LogP contribution in [0.3, 0.4) is 0 Å². The number of anilines is 1. The maximum absolute atomic E-state index is 12.9. The lowest BCUT2D eigenvalue weighted by Gasteiger charge is -2.10. The average Bonchev–Trinajstić information content (AvgIpc) is 3.47. The molecule has 3 aromatic heterocycles. The largest absolute Gasteiger partial charge is 0.488 e. The summed E-state index contributed by atoms with van der Waals surface area (Å²) in [4.78, 5) is 17.5. The molecule has 0 aliphatic heterocycles. The van der Waals surface area contributed by atoms with Crippen LogP contribution in [0.1, 0.15) is 45.6 Å². The first kappa shape index (κ1) is 21.8. The quantitative estimate of drug-likeness (QED) is 0.421. The second-order valence-corrected chi connectivity index (χ2v) is 8.43. The zero-order chi connectivity index (χ0) is 22.8. The first-order valence-electron chi connectivity index (χ1n) is 10.3. The predicted octanol–water partition coefficient (Wildman–Crippen LogP) is 5.08. The minimum Gasteiger partial charge on any atom is -0.488 e. The van der Waals surface area contributed by atoms with Gasteiger partial charge in [0.05, 0.1) is 17.5 Å². The van der Waals surface area contributed by atoms with Gasteiger partial charge in [-0.15, -0.1) is 11.3 Å². The molecule has 0 saturated heterocycles. The Balaban J connectivity index is 1.49. The van der Waals surface area contributed by atoms with E-state index in [1.54, 1.807) is 13.1 Å². The molecule has 0 saturated carbocycles. The molecule has 1 amide bonds. The first-order valence-corrected chi connectivity index (χ1v) is 11.2. The molecule has 0 aliphatic rings. The van der Waals surface area contributed by atoms with Gasteiger partial charge in [0.1, 0.15) is 18.1 Å². The Morgan fingerprint density at radius 3 is 2.81 bits per heavy atom. The van der Waals surface area contributed by atoms with E-state index in [9.17, 15) is 4.79 Å². The average molecular weight is 452 g/mol. The van der Waals surface area contributed by atoms with Gasteiger partial charge in [-0.3, -0.25) is 14.8 Å². The standard InChI is InChI=1S/C23H25N5O3S/c1-6-28-15(4)17(10-24-28)19-12-32-23(25-19)26-22(29)21-18(16(5)31-27-21)11-30-20-9-13(2)7-8-14(20)3/h7-10,12H,6,11H2,1-5H3,(H,25,26,29). The Labute approximate surface area is 190 Å². The lowest BCUT2D eigenvalue weighted by atomic mass is 10.1. The van der Waals surface area contributed by atoms with Gasteiger partial charge in [-0.05, 0) is 51.8 Å². The van der Waals surface area contributed by atoms with Crippen LogP contribution in [-0.2, 0) is 13.2 Å². The molecule has 4 rings (SSSR count). The van der Waals surface area contributed by atoms with E-state index in [1.165, 1.54) is 11.3 Å². The van der Waals surface area contributed by atoms with E-state index in [-0.39, 0.29) is 18.2 Å². The van der Waals surface area contributed by atoms with Crippen molar-refractivity contribution >= 4 is 22.4 Å². The molecule has 1 N–H and O–H groups in total. The van der Waals surface area contributed by atoms with E-state index in [0.717, 1.165) is 40.4 Å². The topological polar surface area (TPSA) is 95.1 Å². The Hall–Kier alpha value is -3.46. The minimum atomic E-state index is -0.386. The van der Waals surface area contributed by atoms with Gasteiger partial charge in [-0.25, -0.2) is 4.98 Å². The Morgan fingerprint density at radius 2 is 2.06 bits per heavy atom. The van der Waals surface area contributed by atoms with Crippen molar-refractivity contribution in [3.8, 4) is 17.0 Å². The number of carbonyl (C=O) groups excluding carboxylic acids is 1. The van der Waals surface area contributed by atoms with Crippen molar-refractivity contribution in [3.63, 3.8) is 0 Å². The molecule has 0 aliphatic carbocycles. The summed E-state index contributed by atoms with van der Waals surface area (Å²) >= 11 is 1.35. The van der Waals surface area contributed by atoms with Crippen molar-refractivity contribution in [2.24, 2.45) is 0 Å². The van der Waals surface area contributed by atoms with Gasteiger partial charge in [0.15, 0.2) is 10.8 Å². The minimum absolute atomic E-state index is 0.181. The zero-order valence-corrected chi connectivity index (χ0v) is 19.5. The second kappa shape index (κ2) is 8.96. The smallest absolute Gasteiger partial charge is 0.280 e. The molecule has 0 fully saturated rings. The number of carbonyl (C=O) groups is 1. The van der Waals surface area contributed by atoms with Crippen LogP contribution in [0.25, 0.3) is 11.3 Å². The third kappa shape index (κ3) is 4.29. The van der Waals surface area contributed by atoms with E-state index in [4.69, 9.17) is 9.26 Å². The summed E-state index contributed by atoms with van der Waals surface area (Å²) in [6.07, 6.45) is 1.79. The van der Waals surface area contributed by atoms with Crippen LogP contribution < -0.4 is 10.1 Å². The number of hydrogen-bond acceptors (Lipinski definition) is 7. The van der Waals surface area contributed by atoms with Crippen LogP contribution in [0.4, 0.5) is 5.13 Å². The van der Waals surface area contributed by atoms with Crippen molar-refractivity contribution in [2.75, 3.05) is 5.32 Å². The predicted molar refractivity (Wildman–Crippen MR) is 123 cm³/mol. The number of hydrogen-bond donors (Lipinski definition) is 1. The molecule has 1 aromatic carbocycles. The van der Waals surface area contributed by atoms with Gasteiger partial charge < -0.3 is 9.26 Å². The van der Waals surface area contributed by atoms with Gasteiger partial charge in [-0.1, -0.05) is 17.3 Å². The summed E-state index contributed by atoms with van der Waals surface area (Å²) in [6.45, 7) is 10.8. The van der Waals surface area contributed by atoms with Gasteiger partial charge in [-0.2, -0.15) is 5.10 Å². The Kier molecular flexibility index (Phi) is 6.09. The zero-order valence-electron chi connectivity index (χ0n) is 18.7. The van der Waals surface area contributed by atoms with Crippen molar-refractivity contribution in [2.45, 2.75) is 47.8 Å². The van der Waals surface area contributed by atoms with Gasteiger partial charge in [0.2, 0.25) is 0 Å². The van der Waals surface area contributed by atoms with Gasteiger partial charge >= 0.3 is 0 Å². The molecule has 8 nitrogen and oxygen atoms in total. The number of nitrogens with zero attached hydrogens (tertiary/aromatic N) is 4. The number of rotatable bonds is 7. The monoisotopic (exact) mass is 451 g/mol. The van der Waals surface area contributed by atoms with Gasteiger partial charge in [0.25, 0.3) is 5.91 Å². The maximum Gasteiger partial charge on any atom is 0.280 e. The number of aryl methyl sites for hydroxylation is 4. The lowest BCUT2D eigenvalue weighted by molar-refractivity contribution is 0.101. The highest BCUT2D eigenvalue weighted by Gasteiger charge is 2.22. The molecule has 4 aromatic rings. The van der Waals surface area contributed by atoms with Crippen molar-refractivity contribution in [1.29, 1.82) is 0 Å².